The predicted molar refractivity (Wildman–Crippen MR) is 70.4 cm³/mol. The fourth-order valence-electron chi connectivity index (χ4n) is 1.97. The SMILES string of the molecule is CCC(N)Cc1ccc([N+](=O)[O-])c2ncccc12. The van der Waals surface area contributed by atoms with E-state index in [9.17, 15) is 10.1 Å². The number of aromatic nitrogens is 1. The lowest BCUT2D eigenvalue weighted by atomic mass is 9.99. The number of nitro groups is 1. The fraction of sp³-hybridized carbons (Fsp3) is 0.308. The summed E-state index contributed by atoms with van der Waals surface area (Å²) < 4.78 is 0. The Kier molecular flexibility index (Phi) is 3.53. The van der Waals surface area contributed by atoms with Gasteiger partial charge in [-0.1, -0.05) is 19.1 Å². The average Bonchev–Trinajstić information content (AvgIpc) is 2.38. The van der Waals surface area contributed by atoms with Gasteiger partial charge in [0.1, 0.15) is 5.52 Å². The summed E-state index contributed by atoms with van der Waals surface area (Å²) in [6, 6.07) is 6.99. The summed E-state index contributed by atoms with van der Waals surface area (Å²) in [5.74, 6) is 0. The van der Waals surface area contributed by atoms with Crippen molar-refractivity contribution in [3.05, 3.63) is 46.1 Å². The molecule has 0 saturated carbocycles. The zero-order valence-electron chi connectivity index (χ0n) is 10.2. The van der Waals surface area contributed by atoms with Gasteiger partial charge in [0.05, 0.1) is 4.92 Å². The lowest BCUT2D eigenvalue weighted by Gasteiger charge is -2.11. The number of hydrogen-bond donors (Lipinski definition) is 1. The van der Waals surface area contributed by atoms with Crippen LogP contribution in [0.4, 0.5) is 5.69 Å². The molecule has 0 aliphatic rings. The molecule has 0 aliphatic carbocycles. The van der Waals surface area contributed by atoms with Crippen LogP contribution in [0.3, 0.4) is 0 Å². The Morgan fingerprint density at radius 2 is 2.22 bits per heavy atom. The summed E-state index contributed by atoms with van der Waals surface area (Å²) in [7, 11) is 0. The van der Waals surface area contributed by atoms with Crippen molar-refractivity contribution < 1.29 is 4.92 Å². The van der Waals surface area contributed by atoms with Crippen LogP contribution < -0.4 is 5.73 Å². The van der Waals surface area contributed by atoms with E-state index < -0.39 is 4.92 Å². The maximum absolute atomic E-state index is 10.9. The normalized spacial score (nSPS) is 12.6. The van der Waals surface area contributed by atoms with Crippen LogP contribution in [-0.2, 0) is 6.42 Å². The van der Waals surface area contributed by atoms with Crippen molar-refractivity contribution in [2.75, 3.05) is 0 Å². The smallest absolute Gasteiger partial charge is 0.295 e. The molecule has 0 bridgehead atoms. The number of nitrogens with zero attached hydrogens (tertiary/aromatic N) is 2. The van der Waals surface area contributed by atoms with E-state index in [0.29, 0.717) is 11.9 Å². The standard InChI is InChI=1S/C13H15N3O2/c1-2-10(14)8-9-5-6-12(16(17)18)13-11(9)4-3-7-15-13/h3-7,10H,2,8,14H2,1H3. The number of rotatable bonds is 4. The zero-order chi connectivity index (χ0) is 13.1. The second kappa shape index (κ2) is 5.10. The lowest BCUT2D eigenvalue weighted by Crippen LogP contribution is -2.21. The first-order valence-electron chi connectivity index (χ1n) is 5.90. The van der Waals surface area contributed by atoms with Gasteiger partial charge < -0.3 is 5.73 Å². The first-order valence-corrected chi connectivity index (χ1v) is 5.90. The molecule has 0 spiro atoms. The van der Waals surface area contributed by atoms with Crippen molar-refractivity contribution in [2.45, 2.75) is 25.8 Å². The van der Waals surface area contributed by atoms with Crippen LogP contribution >= 0.6 is 0 Å². The number of nitro benzene ring substituents is 1. The number of non-ortho nitro benzene ring substituents is 1. The second-order valence-electron chi connectivity index (χ2n) is 4.27. The molecular formula is C13H15N3O2. The maximum Gasteiger partial charge on any atom is 0.295 e. The van der Waals surface area contributed by atoms with Crippen LogP contribution in [0.2, 0.25) is 0 Å². The van der Waals surface area contributed by atoms with Gasteiger partial charge >= 0.3 is 0 Å². The molecule has 2 aromatic rings. The molecule has 0 radical (unpaired) electrons. The van der Waals surface area contributed by atoms with Gasteiger partial charge in [-0.25, -0.2) is 4.98 Å². The van der Waals surface area contributed by atoms with Crippen LogP contribution in [0.5, 0.6) is 0 Å². The van der Waals surface area contributed by atoms with E-state index >= 15 is 0 Å². The molecular weight excluding hydrogens is 230 g/mol. The summed E-state index contributed by atoms with van der Waals surface area (Å²) in [4.78, 5) is 14.7. The van der Waals surface area contributed by atoms with Crippen molar-refractivity contribution in [1.82, 2.24) is 4.98 Å². The van der Waals surface area contributed by atoms with Gasteiger partial charge in [0.15, 0.2) is 0 Å². The monoisotopic (exact) mass is 245 g/mol. The molecule has 94 valence electrons. The first-order chi connectivity index (χ1) is 8.63. The summed E-state index contributed by atoms with van der Waals surface area (Å²) in [5, 5.41) is 11.8. The van der Waals surface area contributed by atoms with Gasteiger partial charge in [-0.15, -0.1) is 0 Å². The summed E-state index contributed by atoms with van der Waals surface area (Å²) in [6.45, 7) is 2.02. The van der Waals surface area contributed by atoms with Gasteiger partial charge in [0, 0.05) is 23.7 Å². The maximum atomic E-state index is 10.9. The topological polar surface area (TPSA) is 82.0 Å². The third-order valence-corrected chi connectivity index (χ3v) is 3.04. The molecule has 2 rings (SSSR count). The van der Waals surface area contributed by atoms with Gasteiger partial charge in [-0.05, 0) is 24.5 Å². The molecule has 0 amide bonds. The van der Waals surface area contributed by atoms with E-state index in [0.717, 1.165) is 17.4 Å². The average molecular weight is 245 g/mol. The van der Waals surface area contributed by atoms with Crippen molar-refractivity contribution in [2.24, 2.45) is 5.73 Å². The van der Waals surface area contributed by atoms with E-state index in [4.69, 9.17) is 5.73 Å². The number of fused-ring (bicyclic) bond motifs is 1. The number of hydrogen-bond acceptors (Lipinski definition) is 4. The fourth-order valence-corrected chi connectivity index (χ4v) is 1.97. The van der Waals surface area contributed by atoms with E-state index in [-0.39, 0.29) is 11.7 Å². The van der Waals surface area contributed by atoms with E-state index in [2.05, 4.69) is 4.98 Å². The van der Waals surface area contributed by atoms with Crippen LogP contribution in [0, 0.1) is 10.1 Å². The Hall–Kier alpha value is -2.01. The Bertz CT molecular complexity index is 583. The minimum Gasteiger partial charge on any atom is -0.327 e. The number of pyridine rings is 1. The molecule has 0 saturated heterocycles. The highest BCUT2D eigenvalue weighted by atomic mass is 16.6. The number of benzene rings is 1. The van der Waals surface area contributed by atoms with E-state index in [1.54, 1.807) is 18.3 Å². The quantitative estimate of drug-likeness (QED) is 0.662. The first kappa shape index (κ1) is 12.4. The highest BCUT2D eigenvalue weighted by molar-refractivity contribution is 5.89. The minimum atomic E-state index is -0.404. The largest absolute Gasteiger partial charge is 0.327 e. The molecule has 5 heteroatoms. The summed E-state index contributed by atoms with van der Waals surface area (Å²) >= 11 is 0. The van der Waals surface area contributed by atoms with Gasteiger partial charge in [-0.3, -0.25) is 10.1 Å². The molecule has 5 nitrogen and oxygen atoms in total. The molecule has 0 aliphatic heterocycles. The third kappa shape index (κ3) is 2.31. The molecule has 1 aromatic carbocycles. The van der Waals surface area contributed by atoms with E-state index in [1.165, 1.54) is 6.07 Å². The molecule has 2 N–H and O–H groups in total. The molecule has 18 heavy (non-hydrogen) atoms. The Morgan fingerprint density at radius 1 is 1.44 bits per heavy atom. The van der Waals surface area contributed by atoms with Gasteiger partial charge in [0.2, 0.25) is 0 Å². The molecule has 1 atom stereocenters. The van der Waals surface area contributed by atoms with Crippen LogP contribution in [0.1, 0.15) is 18.9 Å². The van der Waals surface area contributed by atoms with Gasteiger partial charge in [0.25, 0.3) is 5.69 Å². The third-order valence-electron chi connectivity index (χ3n) is 3.04. The second-order valence-corrected chi connectivity index (χ2v) is 4.27. The lowest BCUT2D eigenvalue weighted by molar-refractivity contribution is -0.383. The van der Waals surface area contributed by atoms with Gasteiger partial charge in [-0.2, -0.15) is 0 Å². The summed E-state index contributed by atoms with van der Waals surface area (Å²) in [6.07, 6.45) is 3.15. The minimum absolute atomic E-state index is 0.0411. The van der Waals surface area contributed by atoms with Crippen molar-refractivity contribution in [3.8, 4) is 0 Å². The molecule has 1 heterocycles. The Balaban J connectivity index is 2.57. The highest BCUT2D eigenvalue weighted by Crippen LogP contribution is 2.27. The highest BCUT2D eigenvalue weighted by Gasteiger charge is 2.15. The molecule has 1 unspecified atom stereocenters. The summed E-state index contributed by atoms with van der Waals surface area (Å²) in [5.41, 5.74) is 7.43. The Labute approximate surface area is 105 Å². The van der Waals surface area contributed by atoms with Crippen LogP contribution in [0.15, 0.2) is 30.5 Å². The molecule has 1 aromatic heterocycles. The number of nitrogens with two attached hydrogens (primary N) is 1. The predicted octanol–water partition coefficient (Wildman–Crippen LogP) is 2.42. The van der Waals surface area contributed by atoms with Crippen LogP contribution in [0.25, 0.3) is 10.9 Å². The zero-order valence-corrected chi connectivity index (χ0v) is 10.2. The Morgan fingerprint density at radius 3 is 2.89 bits per heavy atom. The van der Waals surface area contributed by atoms with Crippen molar-refractivity contribution in [1.29, 1.82) is 0 Å². The van der Waals surface area contributed by atoms with E-state index in [1.807, 2.05) is 13.0 Å². The van der Waals surface area contributed by atoms with Crippen molar-refractivity contribution in [3.63, 3.8) is 0 Å². The molecule has 0 fully saturated rings. The van der Waals surface area contributed by atoms with Crippen molar-refractivity contribution >= 4 is 16.6 Å². The van der Waals surface area contributed by atoms with Crippen LogP contribution in [-0.4, -0.2) is 15.9 Å².